The number of carbonyl (C=O) groups is 2. The van der Waals surface area contributed by atoms with Gasteiger partial charge < -0.3 is 19.9 Å². The van der Waals surface area contributed by atoms with Crippen LogP contribution in [-0.2, 0) is 9.59 Å². The van der Waals surface area contributed by atoms with Crippen LogP contribution >= 0.6 is 0 Å². The zero-order valence-electron chi connectivity index (χ0n) is 16.0. The van der Waals surface area contributed by atoms with Gasteiger partial charge in [-0.25, -0.2) is 0 Å². The van der Waals surface area contributed by atoms with Crippen LogP contribution in [0.5, 0.6) is 5.75 Å². The number of likely N-dealkylation sites (tertiary alicyclic amines) is 1. The summed E-state index contributed by atoms with van der Waals surface area (Å²) in [6, 6.07) is 4.93. The maximum absolute atomic E-state index is 12.4. The number of halogens is 3. The molecule has 1 atom stereocenters. The fourth-order valence-electron chi connectivity index (χ4n) is 3.15. The van der Waals surface area contributed by atoms with Crippen molar-refractivity contribution in [3.05, 3.63) is 24.3 Å². The molecule has 1 aliphatic rings. The third kappa shape index (κ3) is 8.16. The molecule has 2 N–H and O–H groups in total. The Hall–Kier alpha value is -2.29. The summed E-state index contributed by atoms with van der Waals surface area (Å²) in [4.78, 5) is 27.2. The minimum absolute atomic E-state index is 0.0425. The van der Waals surface area contributed by atoms with E-state index >= 15 is 0 Å². The number of hydrogen-bond donors (Lipinski definition) is 2. The van der Waals surface area contributed by atoms with Crippen molar-refractivity contribution < 1.29 is 32.4 Å². The van der Waals surface area contributed by atoms with Gasteiger partial charge >= 0.3 is 6.36 Å². The number of quaternary nitrogens is 1. The van der Waals surface area contributed by atoms with Crippen molar-refractivity contribution in [2.24, 2.45) is 0 Å². The highest BCUT2D eigenvalue weighted by Gasteiger charge is 2.31. The van der Waals surface area contributed by atoms with Gasteiger partial charge in [0.1, 0.15) is 5.75 Å². The number of carbonyl (C=O) groups excluding carboxylic acids is 2. The molecule has 2 amide bonds. The van der Waals surface area contributed by atoms with E-state index in [1.165, 1.54) is 18.6 Å². The number of benzene rings is 1. The first-order valence-electron chi connectivity index (χ1n) is 9.48. The normalized spacial score (nSPS) is 16.6. The SMILES string of the molecule is C[NH+](CC(=O)Nc1ccc(OC(F)(F)F)cc1)CC(=O)N1CCCCCCC1. The quantitative estimate of drug-likeness (QED) is 0.763. The molecule has 9 heteroatoms. The van der Waals surface area contributed by atoms with Crippen LogP contribution in [-0.4, -0.2) is 56.3 Å². The van der Waals surface area contributed by atoms with Crippen LogP contribution in [0.4, 0.5) is 18.9 Å². The molecule has 1 saturated heterocycles. The molecular weight excluding hydrogens is 375 g/mol. The largest absolute Gasteiger partial charge is 0.573 e. The topological polar surface area (TPSA) is 63.1 Å². The van der Waals surface area contributed by atoms with Crippen molar-refractivity contribution >= 4 is 17.5 Å². The summed E-state index contributed by atoms with van der Waals surface area (Å²) < 4.78 is 40.2. The van der Waals surface area contributed by atoms with Crippen LogP contribution in [0.1, 0.15) is 32.1 Å². The number of likely N-dealkylation sites (N-methyl/N-ethyl adjacent to an activating group) is 1. The summed E-state index contributed by atoms with van der Waals surface area (Å²) in [5.74, 6) is -0.629. The van der Waals surface area contributed by atoms with Crippen molar-refractivity contribution in [3.63, 3.8) is 0 Å². The summed E-state index contributed by atoms with van der Waals surface area (Å²) in [6.45, 7) is 1.85. The second-order valence-corrected chi connectivity index (χ2v) is 7.08. The van der Waals surface area contributed by atoms with Crippen LogP contribution in [0.25, 0.3) is 0 Å². The molecule has 2 rings (SSSR count). The van der Waals surface area contributed by atoms with Gasteiger partial charge in [0.25, 0.3) is 11.8 Å². The Morgan fingerprint density at radius 1 is 1.04 bits per heavy atom. The molecule has 0 aliphatic carbocycles. The van der Waals surface area contributed by atoms with Gasteiger partial charge in [-0.2, -0.15) is 0 Å². The molecule has 6 nitrogen and oxygen atoms in total. The molecule has 1 unspecified atom stereocenters. The van der Waals surface area contributed by atoms with E-state index in [4.69, 9.17) is 0 Å². The Bertz CT molecular complexity index is 642. The molecule has 0 bridgehead atoms. The molecule has 1 aliphatic heterocycles. The first-order chi connectivity index (χ1) is 13.2. The summed E-state index contributed by atoms with van der Waals surface area (Å²) in [7, 11) is 1.77. The van der Waals surface area contributed by atoms with Crippen LogP contribution in [0, 0.1) is 0 Å². The minimum atomic E-state index is -4.75. The predicted octanol–water partition coefficient (Wildman–Crippen LogP) is 1.83. The lowest BCUT2D eigenvalue weighted by molar-refractivity contribution is -0.862. The number of alkyl halides is 3. The second-order valence-electron chi connectivity index (χ2n) is 7.08. The average Bonchev–Trinajstić information content (AvgIpc) is 2.54. The van der Waals surface area contributed by atoms with Gasteiger partial charge in [-0.3, -0.25) is 9.59 Å². The van der Waals surface area contributed by atoms with E-state index in [-0.39, 0.29) is 30.7 Å². The fraction of sp³-hybridized carbons (Fsp3) is 0.579. The molecular formula is C19H27F3N3O3+. The van der Waals surface area contributed by atoms with Crippen molar-refractivity contribution in [1.29, 1.82) is 0 Å². The summed E-state index contributed by atoms with van der Waals surface area (Å²) in [5, 5.41) is 2.61. The highest BCUT2D eigenvalue weighted by Crippen LogP contribution is 2.23. The second kappa shape index (κ2) is 10.3. The Balaban J connectivity index is 1.77. The minimum Gasteiger partial charge on any atom is -0.406 e. The highest BCUT2D eigenvalue weighted by atomic mass is 19.4. The third-order valence-corrected chi connectivity index (χ3v) is 4.50. The van der Waals surface area contributed by atoms with Gasteiger partial charge in [0, 0.05) is 18.8 Å². The van der Waals surface area contributed by atoms with Crippen LogP contribution in [0.3, 0.4) is 0 Å². The fourth-order valence-corrected chi connectivity index (χ4v) is 3.15. The number of rotatable bonds is 6. The van der Waals surface area contributed by atoms with Gasteiger partial charge in [-0.1, -0.05) is 19.3 Å². The maximum Gasteiger partial charge on any atom is 0.573 e. The zero-order valence-corrected chi connectivity index (χ0v) is 16.0. The van der Waals surface area contributed by atoms with E-state index in [0.29, 0.717) is 5.69 Å². The number of nitrogens with zero attached hydrogens (tertiary/aromatic N) is 1. The predicted molar refractivity (Wildman–Crippen MR) is 98.0 cm³/mol. The first kappa shape index (κ1) is 22.0. The Morgan fingerprint density at radius 2 is 1.61 bits per heavy atom. The lowest BCUT2D eigenvalue weighted by Crippen LogP contribution is -3.11. The Kier molecular flexibility index (Phi) is 8.10. The van der Waals surface area contributed by atoms with Crippen LogP contribution < -0.4 is 15.0 Å². The summed E-state index contributed by atoms with van der Waals surface area (Å²) >= 11 is 0. The molecule has 0 radical (unpaired) electrons. The molecule has 0 spiro atoms. The Labute approximate surface area is 162 Å². The van der Waals surface area contributed by atoms with Crippen molar-refractivity contribution in [2.45, 2.75) is 38.5 Å². The van der Waals surface area contributed by atoms with E-state index in [9.17, 15) is 22.8 Å². The van der Waals surface area contributed by atoms with Gasteiger partial charge in [-0.05, 0) is 37.1 Å². The van der Waals surface area contributed by atoms with E-state index < -0.39 is 6.36 Å². The van der Waals surface area contributed by atoms with E-state index in [1.54, 1.807) is 7.05 Å². The third-order valence-electron chi connectivity index (χ3n) is 4.50. The summed E-state index contributed by atoms with van der Waals surface area (Å²) in [5.41, 5.74) is 0.363. The molecule has 156 valence electrons. The molecule has 1 aromatic carbocycles. The number of amides is 2. The van der Waals surface area contributed by atoms with Crippen LogP contribution in [0.2, 0.25) is 0 Å². The maximum atomic E-state index is 12.4. The molecule has 28 heavy (non-hydrogen) atoms. The first-order valence-corrected chi connectivity index (χ1v) is 9.48. The lowest BCUT2D eigenvalue weighted by Gasteiger charge is -2.25. The molecule has 1 heterocycles. The number of ether oxygens (including phenoxy) is 1. The number of anilines is 1. The van der Waals surface area contributed by atoms with E-state index in [0.717, 1.165) is 55.8 Å². The monoisotopic (exact) mass is 402 g/mol. The average molecular weight is 402 g/mol. The van der Waals surface area contributed by atoms with Crippen LogP contribution in [0.15, 0.2) is 24.3 Å². The Morgan fingerprint density at radius 3 is 2.18 bits per heavy atom. The van der Waals surface area contributed by atoms with Gasteiger partial charge in [-0.15, -0.1) is 13.2 Å². The molecule has 1 fully saturated rings. The van der Waals surface area contributed by atoms with Crippen molar-refractivity contribution in [3.8, 4) is 5.75 Å². The zero-order chi connectivity index (χ0) is 20.6. The highest BCUT2D eigenvalue weighted by molar-refractivity contribution is 5.91. The smallest absolute Gasteiger partial charge is 0.406 e. The van der Waals surface area contributed by atoms with Gasteiger partial charge in [0.2, 0.25) is 0 Å². The van der Waals surface area contributed by atoms with E-state index in [2.05, 4.69) is 10.1 Å². The molecule has 0 saturated carbocycles. The van der Waals surface area contributed by atoms with Gasteiger partial charge in [0.15, 0.2) is 13.1 Å². The molecule has 0 aromatic heterocycles. The van der Waals surface area contributed by atoms with Gasteiger partial charge in [0.05, 0.1) is 7.05 Å². The van der Waals surface area contributed by atoms with Crippen molar-refractivity contribution in [2.75, 3.05) is 38.5 Å². The van der Waals surface area contributed by atoms with Crippen molar-refractivity contribution in [1.82, 2.24) is 4.90 Å². The van der Waals surface area contributed by atoms with E-state index in [1.807, 2.05) is 4.90 Å². The molecule has 1 aromatic rings. The number of nitrogens with one attached hydrogen (secondary N) is 2. The standard InChI is InChI=1S/C19H26F3N3O3/c1-24(14-18(27)25-11-5-3-2-4-6-12-25)13-17(26)23-15-7-9-16(10-8-15)28-19(20,21)22/h7-10H,2-6,11-14H2,1H3,(H,23,26)/p+1. The number of hydrogen-bond acceptors (Lipinski definition) is 3. The lowest BCUT2D eigenvalue weighted by atomic mass is 10.1. The summed E-state index contributed by atoms with van der Waals surface area (Å²) in [6.07, 6.45) is 0.772.